The summed E-state index contributed by atoms with van der Waals surface area (Å²) in [5, 5.41) is 10.8. The lowest BCUT2D eigenvalue weighted by Gasteiger charge is -2.23. The lowest BCUT2D eigenvalue weighted by atomic mass is 9.88. The standard InChI is InChI=1S/C24H21Cl2F2N5O/c1-29-24-32-31-23(34-24)20-21(14-10-11-17(27)16(26)12-14)33(18-9-5-8-15(25)19(18)28)22(30-20)13-6-3-2-4-7-13/h5,8-13H,2-4,6-7H2,1H3,(H,29,32). The van der Waals surface area contributed by atoms with E-state index < -0.39 is 11.6 Å². The zero-order chi connectivity index (χ0) is 23.8. The van der Waals surface area contributed by atoms with Crippen molar-refractivity contribution >= 4 is 29.2 Å². The summed E-state index contributed by atoms with van der Waals surface area (Å²) >= 11 is 12.3. The molecule has 1 aliphatic rings. The molecule has 1 aliphatic carbocycles. The Kier molecular flexibility index (Phi) is 6.27. The van der Waals surface area contributed by atoms with E-state index in [0.29, 0.717) is 22.8 Å². The molecule has 1 saturated carbocycles. The fourth-order valence-electron chi connectivity index (χ4n) is 4.46. The van der Waals surface area contributed by atoms with E-state index in [9.17, 15) is 4.39 Å². The van der Waals surface area contributed by atoms with Gasteiger partial charge in [0.25, 0.3) is 5.89 Å². The average Bonchev–Trinajstić information content (AvgIpc) is 3.48. The van der Waals surface area contributed by atoms with Crippen molar-refractivity contribution in [3.05, 3.63) is 63.9 Å². The van der Waals surface area contributed by atoms with E-state index in [2.05, 4.69) is 15.5 Å². The number of aromatic nitrogens is 4. The van der Waals surface area contributed by atoms with Crippen LogP contribution >= 0.6 is 23.2 Å². The Morgan fingerprint density at radius 2 is 1.82 bits per heavy atom. The zero-order valence-corrected chi connectivity index (χ0v) is 19.8. The van der Waals surface area contributed by atoms with E-state index in [0.717, 1.165) is 32.1 Å². The largest absolute Gasteiger partial charge is 0.402 e. The first-order valence-corrected chi connectivity index (χ1v) is 11.8. The Hall–Kier alpha value is -2.97. The minimum absolute atomic E-state index is 0.0132. The molecule has 0 radical (unpaired) electrons. The van der Waals surface area contributed by atoms with Gasteiger partial charge in [-0.05, 0) is 43.2 Å². The average molecular weight is 504 g/mol. The molecule has 10 heteroatoms. The van der Waals surface area contributed by atoms with Gasteiger partial charge in [0.1, 0.15) is 11.6 Å². The first-order chi connectivity index (χ1) is 16.5. The molecule has 34 heavy (non-hydrogen) atoms. The molecule has 2 aromatic carbocycles. The Balaban J connectivity index is 1.85. The van der Waals surface area contributed by atoms with Crippen molar-refractivity contribution in [1.82, 2.24) is 19.7 Å². The predicted molar refractivity (Wildman–Crippen MR) is 128 cm³/mol. The first-order valence-electron chi connectivity index (χ1n) is 11.0. The van der Waals surface area contributed by atoms with Gasteiger partial charge in [0.15, 0.2) is 11.5 Å². The van der Waals surface area contributed by atoms with Crippen LogP contribution in [0.2, 0.25) is 10.0 Å². The number of imidazole rings is 1. The number of halogens is 4. The third-order valence-corrected chi connectivity index (χ3v) is 6.66. The van der Waals surface area contributed by atoms with Gasteiger partial charge in [-0.3, -0.25) is 4.57 Å². The summed E-state index contributed by atoms with van der Waals surface area (Å²) < 4.78 is 36.9. The number of nitrogens with one attached hydrogen (secondary N) is 1. The van der Waals surface area contributed by atoms with Gasteiger partial charge in [-0.15, -0.1) is 5.10 Å². The number of anilines is 1. The minimum Gasteiger partial charge on any atom is -0.402 e. The number of hydrogen-bond donors (Lipinski definition) is 1. The molecule has 2 aromatic heterocycles. The molecule has 0 aliphatic heterocycles. The fourth-order valence-corrected chi connectivity index (χ4v) is 4.81. The predicted octanol–water partition coefficient (Wildman–Crippen LogP) is 7.26. The third-order valence-electron chi connectivity index (χ3n) is 6.08. The maximum Gasteiger partial charge on any atom is 0.315 e. The summed E-state index contributed by atoms with van der Waals surface area (Å²) in [6.45, 7) is 0. The highest BCUT2D eigenvalue weighted by molar-refractivity contribution is 6.31. The second kappa shape index (κ2) is 9.35. The zero-order valence-electron chi connectivity index (χ0n) is 18.3. The summed E-state index contributed by atoms with van der Waals surface area (Å²) in [4.78, 5) is 4.92. The minimum atomic E-state index is -0.582. The van der Waals surface area contributed by atoms with Gasteiger partial charge in [0.05, 0.1) is 21.4 Å². The van der Waals surface area contributed by atoms with Crippen molar-refractivity contribution in [3.8, 4) is 28.5 Å². The quantitative estimate of drug-likeness (QED) is 0.310. The summed E-state index contributed by atoms with van der Waals surface area (Å²) in [5.74, 6) is -0.244. The van der Waals surface area contributed by atoms with Gasteiger partial charge < -0.3 is 9.73 Å². The van der Waals surface area contributed by atoms with Crippen molar-refractivity contribution < 1.29 is 13.2 Å². The van der Waals surface area contributed by atoms with Crippen LogP contribution in [-0.2, 0) is 0 Å². The molecular formula is C24H21Cl2F2N5O. The number of rotatable bonds is 5. The first kappa shape index (κ1) is 22.8. The van der Waals surface area contributed by atoms with Crippen LogP contribution in [0.15, 0.2) is 40.8 Å². The van der Waals surface area contributed by atoms with Crippen LogP contribution in [0.4, 0.5) is 14.8 Å². The highest BCUT2D eigenvalue weighted by Crippen LogP contribution is 2.42. The molecule has 6 nitrogen and oxygen atoms in total. The van der Waals surface area contributed by atoms with Gasteiger partial charge >= 0.3 is 6.01 Å². The summed E-state index contributed by atoms with van der Waals surface area (Å²) in [5.41, 5.74) is 1.58. The van der Waals surface area contributed by atoms with E-state index in [4.69, 9.17) is 32.6 Å². The molecule has 0 spiro atoms. The van der Waals surface area contributed by atoms with Gasteiger partial charge in [-0.1, -0.05) is 53.6 Å². The molecule has 0 saturated heterocycles. The fraction of sp³-hybridized carbons (Fsp3) is 0.292. The summed E-state index contributed by atoms with van der Waals surface area (Å²) in [6.07, 6.45) is 5.06. The van der Waals surface area contributed by atoms with E-state index in [1.165, 1.54) is 18.2 Å². The Morgan fingerprint density at radius 3 is 2.53 bits per heavy atom. The molecule has 1 N–H and O–H groups in total. The van der Waals surface area contributed by atoms with Crippen molar-refractivity contribution in [2.24, 2.45) is 0 Å². The van der Waals surface area contributed by atoms with Crippen LogP contribution in [0.3, 0.4) is 0 Å². The van der Waals surface area contributed by atoms with E-state index >= 15 is 4.39 Å². The third kappa shape index (κ3) is 4.05. The molecule has 5 rings (SSSR count). The van der Waals surface area contributed by atoms with Gasteiger partial charge in [-0.25, -0.2) is 13.8 Å². The summed E-state index contributed by atoms with van der Waals surface area (Å²) in [6, 6.07) is 9.33. The van der Waals surface area contributed by atoms with Crippen LogP contribution in [0, 0.1) is 11.6 Å². The molecule has 176 valence electrons. The second-order valence-corrected chi connectivity index (χ2v) is 9.02. The molecule has 0 unspecified atom stereocenters. The molecular weight excluding hydrogens is 483 g/mol. The SMILES string of the molecule is CNc1nnc(-c2nc(C3CCCCC3)n(-c3cccc(Cl)c3F)c2-c2ccc(F)c(Cl)c2)o1. The van der Waals surface area contributed by atoms with Crippen LogP contribution in [-0.4, -0.2) is 26.8 Å². The molecule has 0 amide bonds. The smallest absolute Gasteiger partial charge is 0.315 e. The molecule has 2 heterocycles. The van der Waals surface area contributed by atoms with E-state index in [1.54, 1.807) is 29.8 Å². The lowest BCUT2D eigenvalue weighted by molar-refractivity contribution is 0.425. The highest BCUT2D eigenvalue weighted by Gasteiger charge is 2.31. The van der Waals surface area contributed by atoms with Crippen LogP contribution in [0.25, 0.3) is 28.5 Å². The Morgan fingerprint density at radius 1 is 1.03 bits per heavy atom. The molecule has 0 bridgehead atoms. The van der Waals surface area contributed by atoms with E-state index in [-0.39, 0.29) is 33.6 Å². The number of nitrogens with zero attached hydrogens (tertiary/aromatic N) is 4. The van der Waals surface area contributed by atoms with Crippen LogP contribution in [0.5, 0.6) is 0 Å². The Labute approximate surface area is 204 Å². The summed E-state index contributed by atoms with van der Waals surface area (Å²) in [7, 11) is 1.66. The monoisotopic (exact) mass is 503 g/mol. The molecule has 0 atom stereocenters. The Bertz CT molecular complexity index is 1350. The number of benzene rings is 2. The van der Waals surface area contributed by atoms with Gasteiger partial charge in [-0.2, -0.15) is 0 Å². The van der Waals surface area contributed by atoms with Crippen LogP contribution in [0.1, 0.15) is 43.8 Å². The van der Waals surface area contributed by atoms with E-state index in [1.807, 2.05) is 0 Å². The topological polar surface area (TPSA) is 68.8 Å². The van der Waals surface area contributed by atoms with Crippen LogP contribution < -0.4 is 5.32 Å². The maximum atomic E-state index is 15.4. The van der Waals surface area contributed by atoms with Gasteiger partial charge in [0, 0.05) is 18.5 Å². The van der Waals surface area contributed by atoms with Crippen molar-refractivity contribution in [3.63, 3.8) is 0 Å². The van der Waals surface area contributed by atoms with Crippen molar-refractivity contribution in [2.75, 3.05) is 12.4 Å². The number of hydrogen-bond acceptors (Lipinski definition) is 5. The lowest BCUT2D eigenvalue weighted by Crippen LogP contribution is -2.13. The normalized spacial score (nSPS) is 14.5. The second-order valence-electron chi connectivity index (χ2n) is 8.20. The maximum absolute atomic E-state index is 15.4. The van der Waals surface area contributed by atoms with Gasteiger partial charge in [0.2, 0.25) is 0 Å². The van der Waals surface area contributed by atoms with Crippen molar-refractivity contribution in [1.29, 1.82) is 0 Å². The van der Waals surface area contributed by atoms with Crippen molar-refractivity contribution in [2.45, 2.75) is 38.0 Å². The highest BCUT2D eigenvalue weighted by atomic mass is 35.5. The molecule has 1 fully saturated rings. The molecule has 4 aromatic rings.